The summed E-state index contributed by atoms with van der Waals surface area (Å²) >= 11 is 0. The summed E-state index contributed by atoms with van der Waals surface area (Å²) in [5, 5.41) is 14.8. The number of nitrogens with one attached hydrogen (secondary N) is 2. The number of urea groups is 1. The van der Waals surface area contributed by atoms with Crippen LogP contribution in [-0.2, 0) is 16.1 Å². The maximum atomic E-state index is 12.0. The first-order valence-corrected chi connectivity index (χ1v) is 8.96. The lowest BCUT2D eigenvalue weighted by atomic mass is 9.86. The minimum absolute atomic E-state index is 0.0196. The largest absolute Gasteiger partial charge is 0.481 e. The van der Waals surface area contributed by atoms with E-state index in [2.05, 4.69) is 10.6 Å². The van der Waals surface area contributed by atoms with Gasteiger partial charge in [-0.1, -0.05) is 30.3 Å². The second-order valence-electron chi connectivity index (χ2n) is 6.73. The first-order chi connectivity index (χ1) is 12.0. The van der Waals surface area contributed by atoms with Crippen LogP contribution in [0.1, 0.15) is 44.6 Å². The molecule has 2 rings (SSSR count). The second kappa shape index (κ2) is 10.0. The third kappa shape index (κ3) is 7.13. The number of rotatable bonds is 8. The van der Waals surface area contributed by atoms with Crippen LogP contribution in [0.3, 0.4) is 0 Å². The molecule has 6 heteroatoms. The SMILES string of the molecule is CC(CCOCc1ccccc1)NC(=O)NC1CCC(C(=O)O)CC1. The molecule has 25 heavy (non-hydrogen) atoms. The van der Waals surface area contributed by atoms with Gasteiger partial charge in [-0.15, -0.1) is 0 Å². The lowest BCUT2D eigenvalue weighted by Gasteiger charge is -2.27. The molecule has 1 aliphatic rings. The molecule has 1 saturated carbocycles. The maximum Gasteiger partial charge on any atom is 0.315 e. The van der Waals surface area contributed by atoms with Crippen molar-refractivity contribution >= 4 is 12.0 Å². The number of ether oxygens (including phenoxy) is 1. The van der Waals surface area contributed by atoms with Crippen molar-refractivity contribution in [2.75, 3.05) is 6.61 Å². The number of aliphatic carboxylic acids is 1. The van der Waals surface area contributed by atoms with Gasteiger partial charge >= 0.3 is 12.0 Å². The van der Waals surface area contributed by atoms with Crippen molar-refractivity contribution in [3.05, 3.63) is 35.9 Å². The summed E-state index contributed by atoms with van der Waals surface area (Å²) in [4.78, 5) is 22.9. The highest BCUT2D eigenvalue weighted by Gasteiger charge is 2.26. The minimum atomic E-state index is -0.730. The van der Waals surface area contributed by atoms with E-state index in [4.69, 9.17) is 9.84 Å². The third-order valence-corrected chi connectivity index (χ3v) is 4.60. The Morgan fingerprint density at radius 2 is 1.88 bits per heavy atom. The second-order valence-corrected chi connectivity index (χ2v) is 6.73. The Kier molecular flexibility index (Phi) is 7.73. The Morgan fingerprint density at radius 3 is 2.52 bits per heavy atom. The van der Waals surface area contributed by atoms with Gasteiger partial charge in [0.25, 0.3) is 0 Å². The van der Waals surface area contributed by atoms with Gasteiger partial charge in [0.1, 0.15) is 0 Å². The van der Waals surface area contributed by atoms with Crippen molar-refractivity contribution < 1.29 is 19.4 Å². The number of hydrogen-bond donors (Lipinski definition) is 3. The van der Waals surface area contributed by atoms with E-state index < -0.39 is 5.97 Å². The fraction of sp³-hybridized carbons (Fsp3) is 0.579. The standard InChI is InChI=1S/C19H28N2O4/c1-14(11-12-25-13-15-5-3-2-4-6-15)20-19(24)21-17-9-7-16(8-10-17)18(22)23/h2-6,14,16-17H,7-13H2,1H3,(H,22,23)(H2,20,21,24). The number of amides is 2. The summed E-state index contributed by atoms with van der Waals surface area (Å²) in [5.74, 6) is -0.992. The molecular formula is C19H28N2O4. The molecule has 138 valence electrons. The first kappa shape index (κ1) is 19.2. The smallest absolute Gasteiger partial charge is 0.315 e. The molecule has 0 bridgehead atoms. The molecule has 1 atom stereocenters. The van der Waals surface area contributed by atoms with Crippen LogP contribution < -0.4 is 10.6 Å². The minimum Gasteiger partial charge on any atom is -0.481 e. The van der Waals surface area contributed by atoms with Crippen molar-refractivity contribution in [1.82, 2.24) is 10.6 Å². The van der Waals surface area contributed by atoms with Gasteiger partial charge in [-0.25, -0.2) is 4.79 Å². The van der Waals surface area contributed by atoms with Gasteiger partial charge in [-0.2, -0.15) is 0 Å². The molecule has 0 heterocycles. The van der Waals surface area contributed by atoms with Crippen LogP contribution in [0.5, 0.6) is 0 Å². The van der Waals surface area contributed by atoms with E-state index >= 15 is 0 Å². The van der Waals surface area contributed by atoms with E-state index in [1.165, 1.54) is 0 Å². The van der Waals surface area contributed by atoms with Crippen molar-refractivity contribution in [1.29, 1.82) is 0 Å². The molecule has 2 amide bonds. The number of hydrogen-bond acceptors (Lipinski definition) is 3. The molecule has 1 aliphatic carbocycles. The molecule has 0 radical (unpaired) electrons. The number of carboxylic acids is 1. The van der Waals surface area contributed by atoms with E-state index in [1.54, 1.807) is 0 Å². The number of carbonyl (C=O) groups excluding carboxylic acids is 1. The molecule has 0 saturated heterocycles. The Balaban J connectivity index is 1.56. The van der Waals surface area contributed by atoms with E-state index in [-0.39, 0.29) is 24.0 Å². The first-order valence-electron chi connectivity index (χ1n) is 8.96. The van der Waals surface area contributed by atoms with Crippen LogP contribution in [-0.4, -0.2) is 35.8 Å². The summed E-state index contributed by atoms with van der Waals surface area (Å²) < 4.78 is 5.63. The average Bonchev–Trinajstić information content (AvgIpc) is 2.60. The van der Waals surface area contributed by atoms with Crippen LogP contribution >= 0.6 is 0 Å². The quantitative estimate of drug-likeness (QED) is 0.630. The Labute approximate surface area is 149 Å². The van der Waals surface area contributed by atoms with Crippen LogP contribution in [0, 0.1) is 5.92 Å². The van der Waals surface area contributed by atoms with Gasteiger partial charge in [-0.3, -0.25) is 4.79 Å². The predicted octanol–water partition coefficient (Wildman–Crippen LogP) is 2.92. The van der Waals surface area contributed by atoms with Gasteiger partial charge in [0.2, 0.25) is 0 Å². The zero-order chi connectivity index (χ0) is 18.1. The van der Waals surface area contributed by atoms with Gasteiger partial charge in [-0.05, 0) is 44.6 Å². The molecule has 0 spiro atoms. The molecule has 3 N–H and O–H groups in total. The fourth-order valence-electron chi connectivity index (χ4n) is 3.03. The highest BCUT2D eigenvalue weighted by Crippen LogP contribution is 2.24. The monoisotopic (exact) mass is 348 g/mol. The van der Waals surface area contributed by atoms with Gasteiger partial charge in [0.05, 0.1) is 12.5 Å². The summed E-state index contributed by atoms with van der Waals surface area (Å²) in [6.07, 6.45) is 3.44. The van der Waals surface area contributed by atoms with Crippen molar-refractivity contribution in [2.24, 2.45) is 5.92 Å². The molecule has 1 fully saturated rings. The van der Waals surface area contributed by atoms with Gasteiger partial charge < -0.3 is 20.5 Å². The average molecular weight is 348 g/mol. The molecule has 6 nitrogen and oxygen atoms in total. The molecule has 1 aromatic rings. The maximum absolute atomic E-state index is 12.0. The zero-order valence-corrected chi connectivity index (χ0v) is 14.7. The lowest BCUT2D eigenvalue weighted by molar-refractivity contribution is -0.142. The zero-order valence-electron chi connectivity index (χ0n) is 14.7. The Morgan fingerprint density at radius 1 is 1.20 bits per heavy atom. The normalized spacial score (nSPS) is 21.3. The van der Waals surface area contributed by atoms with Gasteiger partial charge in [0, 0.05) is 18.7 Å². The summed E-state index contributed by atoms with van der Waals surface area (Å²) in [7, 11) is 0. The molecular weight excluding hydrogens is 320 g/mol. The molecule has 1 unspecified atom stereocenters. The van der Waals surface area contributed by atoms with Crippen LogP contribution in [0.4, 0.5) is 4.79 Å². The van der Waals surface area contributed by atoms with Crippen LogP contribution in [0.15, 0.2) is 30.3 Å². The number of carboxylic acid groups (broad SMARTS) is 1. The Hall–Kier alpha value is -2.08. The highest BCUT2D eigenvalue weighted by atomic mass is 16.5. The Bertz CT molecular complexity index is 542. The molecule has 0 aliphatic heterocycles. The van der Waals surface area contributed by atoms with E-state index in [0.29, 0.717) is 26.1 Å². The number of benzene rings is 1. The predicted molar refractivity (Wildman–Crippen MR) is 95.2 cm³/mol. The van der Waals surface area contributed by atoms with E-state index in [1.807, 2.05) is 37.3 Å². The summed E-state index contributed by atoms with van der Waals surface area (Å²) in [6.45, 7) is 3.11. The third-order valence-electron chi connectivity index (χ3n) is 4.60. The van der Waals surface area contributed by atoms with Crippen molar-refractivity contribution in [3.63, 3.8) is 0 Å². The van der Waals surface area contributed by atoms with Crippen LogP contribution in [0.2, 0.25) is 0 Å². The molecule has 1 aromatic carbocycles. The molecule has 0 aromatic heterocycles. The number of carbonyl (C=O) groups is 2. The topological polar surface area (TPSA) is 87.7 Å². The van der Waals surface area contributed by atoms with Crippen LogP contribution in [0.25, 0.3) is 0 Å². The van der Waals surface area contributed by atoms with Gasteiger partial charge in [0.15, 0.2) is 0 Å². The van der Waals surface area contributed by atoms with Crippen molar-refractivity contribution in [2.45, 2.75) is 57.7 Å². The van der Waals surface area contributed by atoms with Crippen molar-refractivity contribution in [3.8, 4) is 0 Å². The highest BCUT2D eigenvalue weighted by molar-refractivity contribution is 5.74. The van der Waals surface area contributed by atoms with E-state index in [0.717, 1.165) is 24.8 Å². The summed E-state index contributed by atoms with van der Waals surface area (Å²) in [6, 6.07) is 9.89. The lowest BCUT2D eigenvalue weighted by Crippen LogP contribution is -2.47. The fourth-order valence-corrected chi connectivity index (χ4v) is 3.03. The van der Waals surface area contributed by atoms with E-state index in [9.17, 15) is 9.59 Å². The summed E-state index contributed by atoms with van der Waals surface area (Å²) in [5.41, 5.74) is 1.14.